The van der Waals surface area contributed by atoms with Crippen molar-refractivity contribution in [2.75, 3.05) is 13.1 Å². The third-order valence-electron chi connectivity index (χ3n) is 3.98. The molecule has 108 valence electrons. The molecule has 1 amide bonds. The molecule has 4 nitrogen and oxygen atoms in total. The van der Waals surface area contributed by atoms with Crippen molar-refractivity contribution in [3.05, 3.63) is 29.6 Å². The van der Waals surface area contributed by atoms with E-state index >= 15 is 0 Å². The Kier molecular flexibility index (Phi) is 3.66. The second-order valence-electron chi connectivity index (χ2n) is 5.61. The largest absolute Gasteiger partial charge is 0.342 e. The van der Waals surface area contributed by atoms with E-state index in [-0.39, 0.29) is 11.8 Å². The molecule has 1 N–H and O–H groups in total. The fourth-order valence-corrected chi connectivity index (χ4v) is 2.91. The standard InChI is InChI=1S/C17H19N3O/c1-3-5-16(21)20-9-4-6-13(11-20)17-18-14-8-7-12(2)10-15(14)19-17/h7-8,10,13H,4,6,9,11H2,1-2H3,(H,18,19)/t13-/m0/s1. The van der Waals surface area contributed by atoms with Gasteiger partial charge in [-0.2, -0.15) is 0 Å². The quantitative estimate of drug-likeness (QED) is 0.817. The number of aryl methyl sites for hydroxylation is 1. The number of imidazole rings is 1. The minimum atomic E-state index is -0.0749. The van der Waals surface area contributed by atoms with Crippen LogP contribution in [0.2, 0.25) is 0 Å². The topological polar surface area (TPSA) is 49.0 Å². The number of nitrogens with one attached hydrogen (secondary N) is 1. The summed E-state index contributed by atoms with van der Waals surface area (Å²) in [5, 5.41) is 0. The lowest BCUT2D eigenvalue weighted by Gasteiger charge is -2.30. The van der Waals surface area contributed by atoms with E-state index in [4.69, 9.17) is 0 Å². The lowest BCUT2D eigenvalue weighted by Crippen LogP contribution is -2.38. The Morgan fingerprint density at radius 1 is 1.48 bits per heavy atom. The monoisotopic (exact) mass is 281 g/mol. The van der Waals surface area contributed by atoms with Crippen molar-refractivity contribution >= 4 is 16.9 Å². The number of fused-ring (bicyclic) bond motifs is 1. The number of likely N-dealkylation sites (tertiary alicyclic amines) is 1. The number of aromatic amines is 1. The maximum atomic E-state index is 11.9. The van der Waals surface area contributed by atoms with Gasteiger partial charge in [-0.1, -0.05) is 12.0 Å². The molecule has 1 atom stereocenters. The first-order valence-corrected chi connectivity index (χ1v) is 7.35. The summed E-state index contributed by atoms with van der Waals surface area (Å²) in [5.41, 5.74) is 3.28. The Balaban J connectivity index is 1.84. The van der Waals surface area contributed by atoms with E-state index < -0.39 is 0 Å². The molecule has 1 aliphatic heterocycles. The minimum Gasteiger partial charge on any atom is -0.342 e. The summed E-state index contributed by atoms with van der Waals surface area (Å²) in [6.07, 6.45) is 2.06. The third-order valence-corrected chi connectivity index (χ3v) is 3.98. The number of H-pyrrole nitrogens is 1. The molecule has 1 aromatic heterocycles. The number of hydrogen-bond donors (Lipinski definition) is 1. The van der Waals surface area contributed by atoms with Crippen LogP contribution in [0, 0.1) is 18.8 Å². The molecule has 0 spiro atoms. The van der Waals surface area contributed by atoms with Crippen LogP contribution in [0.5, 0.6) is 0 Å². The van der Waals surface area contributed by atoms with Crippen molar-refractivity contribution in [2.24, 2.45) is 0 Å². The molecule has 21 heavy (non-hydrogen) atoms. The summed E-state index contributed by atoms with van der Waals surface area (Å²) in [6.45, 7) is 5.26. The van der Waals surface area contributed by atoms with Crippen LogP contribution in [0.3, 0.4) is 0 Å². The molecule has 0 aliphatic carbocycles. The number of piperidine rings is 1. The predicted octanol–water partition coefficient (Wildman–Crippen LogP) is 2.60. The average molecular weight is 281 g/mol. The van der Waals surface area contributed by atoms with Gasteiger partial charge in [0.05, 0.1) is 11.0 Å². The van der Waals surface area contributed by atoms with Gasteiger partial charge in [0.1, 0.15) is 5.82 Å². The number of rotatable bonds is 1. The minimum absolute atomic E-state index is 0.0749. The zero-order valence-electron chi connectivity index (χ0n) is 12.4. The Bertz CT molecular complexity index is 735. The van der Waals surface area contributed by atoms with Gasteiger partial charge >= 0.3 is 0 Å². The highest BCUT2D eigenvalue weighted by atomic mass is 16.2. The molecular formula is C17H19N3O. The predicted molar refractivity (Wildman–Crippen MR) is 82.8 cm³/mol. The molecule has 1 saturated heterocycles. The van der Waals surface area contributed by atoms with Gasteiger partial charge in [-0.15, -0.1) is 0 Å². The maximum Gasteiger partial charge on any atom is 0.298 e. The van der Waals surface area contributed by atoms with Crippen LogP contribution in [0.1, 0.15) is 37.1 Å². The van der Waals surface area contributed by atoms with Gasteiger partial charge < -0.3 is 9.88 Å². The Morgan fingerprint density at radius 2 is 2.33 bits per heavy atom. The van der Waals surface area contributed by atoms with Gasteiger partial charge in [-0.25, -0.2) is 4.98 Å². The lowest BCUT2D eigenvalue weighted by molar-refractivity contribution is -0.126. The second-order valence-corrected chi connectivity index (χ2v) is 5.61. The number of nitrogens with zero attached hydrogens (tertiary/aromatic N) is 2. The van der Waals surface area contributed by atoms with Crippen molar-refractivity contribution in [1.29, 1.82) is 0 Å². The molecular weight excluding hydrogens is 262 g/mol. The average Bonchev–Trinajstić information content (AvgIpc) is 2.90. The van der Waals surface area contributed by atoms with Crippen molar-refractivity contribution in [3.63, 3.8) is 0 Å². The van der Waals surface area contributed by atoms with Gasteiger partial charge in [-0.05, 0) is 50.3 Å². The molecule has 0 bridgehead atoms. The SMILES string of the molecule is CC#CC(=O)N1CCC[C@H](c2nc3ccc(C)cc3[nH]2)C1. The van der Waals surface area contributed by atoms with Crippen LogP contribution in [-0.2, 0) is 4.79 Å². The lowest BCUT2D eigenvalue weighted by atomic mass is 9.97. The van der Waals surface area contributed by atoms with Gasteiger partial charge in [0.25, 0.3) is 5.91 Å². The molecule has 4 heteroatoms. The fourth-order valence-electron chi connectivity index (χ4n) is 2.91. The Labute approximate surface area is 124 Å². The van der Waals surface area contributed by atoms with Crippen LogP contribution >= 0.6 is 0 Å². The molecule has 1 aliphatic rings. The number of carbonyl (C=O) groups excluding carboxylic acids is 1. The fraction of sp³-hybridized carbons (Fsp3) is 0.412. The molecule has 3 rings (SSSR count). The highest BCUT2D eigenvalue weighted by molar-refractivity contribution is 5.93. The highest BCUT2D eigenvalue weighted by Gasteiger charge is 2.26. The van der Waals surface area contributed by atoms with Crippen LogP contribution in [0.15, 0.2) is 18.2 Å². The second kappa shape index (κ2) is 5.61. The zero-order chi connectivity index (χ0) is 14.8. The van der Waals surface area contributed by atoms with E-state index in [1.807, 2.05) is 11.0 Å². The van der Waals surface area contributed by atoms with Crippen LogP contribution in [0.25, 0.3) is 11.0 Å². The molecule has 0 unspecified atom stereocenters. The smallest absolute Gasteiger partial charge is 0.298 e. The van der Waals surface area contributed by atoms with E-state index in [2.05, 4.69) is 40.9 Å². The first kappa shape index (κ1) is 13.7. The Morgan fingerprint density at radius 3 is 3.14 bits per heavy atom. The van der Waals surface area contributed by atoms with E-state index in [1.54, 1.807) is 6.92 Å². The van der Waals surface area contributed by atoms with Crippen LogP contribution in [-0.4, -0.2) is 33.9 Å². The first-order chi connectivity index (χ1) is 10.2. The van der Waals surface area contributed by atoms with Gasteiger partial charge in [0.2, 0.25) is 0 Å². The van der Waals surface area contributed by atoms with Crippen molar-refractivity contribution in [3.8, 4) is 11.8 Å². The van der Waals surface area contributed by atoms with Crippen LogP contribution in [0.4, 0.5) is 0 Å². The van der Waals surface area contributed by atoms with Gasteiger partial charge in [0, 0.05) is 19.0 Å². The summed E-state index contributed by atoms with van der Waals surface area (Å²) in [7, 11) is 0. The van der Waals surface area contributed by atoms with E-state index in [0.29, 0.717) is 6.54 Å². The normalized spacial score (nSPS) is 18.4. The number of aromatic nitrogens is 2. The first-order valence-electron chi connectivity index (χ1n) is 7.35. The van der Waals surface area contributed by atoms with Gasteiger partial charge in [-0.3, -0.25) is 4.79 Å². The number of hydrogen-bond acceptors (Lipinski definition) is 2. The molecule has 2 aromatic rings. The summed E-state index contributed by atoms with van der Waals surface area (Å²) < 4.78 is 0. The zero-order valence-corrected chi connectivity index (χ0v) is 12.4. The Hall–Kier alpha value is -2.28. The molecule has 1 fully saturated rings. The highest BCUT2D eigenvalue weighted by Crippen LogP contribution is 2.27. The van der Waals surface area contributed by atoms with E-state index in [9.17, 15) is 4.79 Å². The van der Waals surface area contributed by atoms with Crippen molar-refractivity contribution in [1.82, 2.24) is 14.9 Å². The number of benzene rings is 1. The van der Waals surface area contributed by atoms with E-state index in [0.717, 1.165) is 36.2 Å². The molecule has 2 heterocycles. The summed E-state index contributed by atoms with van der Waals surface area (Å²) in [5.74, 6) is 6.49. The maximum absolute atomic E-state index is 11.9. The molecule has 0 radical (unpaired) electrons. The van der Waals surface area contributed by atoms with Crippen LogP contribution < -0.4 is 0 Å². The summed E-state index contributed by atoms with van der Waals surface area (Å²) in [6, 6.07) is 6.22. The molecule has 0 saturated carbocycles. The number of amides is 1. The third kappa shape index (κ3) is 2.78. The summed E-state index contributed by atoms with van der Waals surface area (Å²) in [4.78, 5) is 21.9. The van der Waals surface area contributed by atoms with Crippen molar-refractivity contribution < 1.29 is 4.79 Å². The number of carbonyl (C=O) groups is 1. The van der Waals surface area contributed by atoms with Gasteiger partial charge in [0.15, 0.2) is 0 Å². The molecule has 1 aromatic carbocycles. The van der Waals surface area contributed by atoms with E-state index in [1.165, 1.54) is 5.56 Å². The summed E-state index contributed by atoms with van der Waals surface area (Å²) >= 11 is 0. The van der Waals surface area contributed by atoms with Crippen molar-refractivity contribution in [2.45, 2.75) is 32.6 Å².